The number of halogens is 1. The highest BCUT2D eigenvalue weighted by Gasteiger charge is 2.23. The number of hydrogen-bond acceptors (Lipinski definition) is 3. The lowest BCUT2D eigenvalue weighted by molar-refractivity contribution is 0.0942. The molecule has 0 aliphatic heterocycles. The summed E-state index contributed by atoms with van der Waals surface area (Å²) < 4.78 is 5.14. The maximum atomic E-state index is 12.2. The van der Waals surface area contributed by atoms with Crippen molar-refractivity contribution in [3.8, 4) is 11.3 Å². The van der Waals surface area contributed by atoms with E-state index in [4.69, 9.17) is 16.1 Å². The highest BCUT2D eigenvalue weighted by molar-refractivity contribution is 6.33. The van der Waals surface area contributed by atoms with Crippen LogP contribution in [0.2, 0.25) is 5.02 Å². The summed E-state index contributed by atoms with van der Waals surface area (Å²) in [6, 6.07) is 7.28. The number of amides is 1. The highest BCUT2D eigenvalue weighted by atomic mass is 35.5. The van der Waals surface area contributed by atoms with Crippen LogP contribution >= 0.6 is 11.6 Å². The van der Waals surface area contributed by atoms with Crippen LogP contribution in [0.25, 0.3) is 11.3 Å². The van der Waals surface area contributed by atoms with Gasteiger partial charge in [0.2, 0.25) is 0 Å². The van der Waals surface area contributed by atoms with Crippen molar-refractivity contribution in [2.75, 3.05) is 0 Å². The van der Waals surface area contributed by atoms with Crippen LogP contribution in [-0.2, 0) is 0 Å². The molecular formula is C14H15ClN2O2. The van der Waals surface area contributed by atoms with Crippen LogP contribution in [0.1, 0.15) is 30.0 Å². The molecule has 4 nitrogen and oxygen atoms in total. The molecule has 19 heavy (non-hydrogen) atoms. The number of benzene rings is 1. The summed E-state index contributed by atoms with van der Waals surface area (Å²) in [6.07, 6.45) is 0. The first-order chi connectivity index (χ1) is 9.00. The topological polar surface area (TPSA) is 55.1 Å². The predicted molar refractivity (Wildman–Crippen MR) is 74.3 cm³/mol. The molecule has 0 saturated heterocycles. The standard InChI is InChI=1S/C14H15ClN2O2/c1-8(2)16-14(18)12-9(3)19-17-13(12)10-6-4-5-7-11(10)15/h4-8H,1-3H3,(H,16,18). The maximum absolute atomic E-state index is 12.2. The fourth-order valence-corrected chi connectivity index (χ4v) is 2.04. The number of aryl methyl sites for hydroxylation is 1. The Balaban J connectivity index is 2.49. The van der Waals surface area contributed by atoms with Gasteiger partial charge in [-0.2, -0.15) is 0 Å². The van der Waals surface area contributed by atoms with Gasteiger partial charge in [0.15, 0.2) is 0 Å². The molecule has 0 radical (unpaired) electrons. The van der Waals surface area contributed by atoms with Crippen LogP contribution in [-0.4, -0.2) is 17.1 Å². The molecule has 1 aromatic heterocycles. The van der Waals surface area contributed by atoms with Crippen molar-refractivity contribution in [1.29, 1.82) is 0 Å². The van der Waals surface area contributed by atoms with Crippen molar-refractivity contribution in [3.63, 3.8) is 0 Å². The van der Waals surface area contributed by atoms with Gasteiger partial charge in [-0.3, -0.25) is 4.79 Å². The smallest absolute Gasteiger partial charge is 0.257 e. The summed E-state index contributed by atoms with van der Waals surface area (Å²) in [4.78, 5) is 12.2. The number of aromatic nitrogens is 1. The molecule has 0 aliphatic carbocycles. The first-order valence-electron chi connectivity index (χ1n) is 6.02. The Kier molecular flexibility index (Phi) is 3.90. The molecule has 0 spiro atoms. The fraction of sp³-hybridized carbons (Fsp3) is 0.286. The zero-order valence-electron chi connectivity index (χ0n) is 11.0. The zero-order valence-corrected chi connectivity index (χ0v) is 11.8. The lowest BCUT2D eigenvalue weighted by Crippen LogP contribution is -2.30. The second-order valence-corrected chi connectivity index (χ2v) is 4.98. The predicted octanol–water partition coefficient (Wildman–Crippen LogP) is 3.44. The Hall–Kier alpha value is -1.81. The van der Waals surface area contributed by atoms with Crippen molar-refractivity contribution in [2.45, 2.75) is 26.8 Å². The number of nitrogens with zero attached hydrogens (tertiary/aromatic N) is 1. The number of carbonyl (C=O) groups is 1. The Bertz CT molecular complexity index is 605. The van der Waals surface area contributed by atoms with Crippen molar-refractivity contribution in [3.05, 3.63) is 40.6 Å². The van der Waals surface area contributed by atoms with Gasteiger partial charge in [-0.1, -0.05) is 35.0 Å². The third-order valence-electron chi connectivity index (χ3n) is 2.64. The van der Waals surface area contributed by atoms with Gasteiger partial charge < -0.3 is 9.84 Å². The maximum Gasteiger partial charge on any atom is 0.257 e. The van der Waals surface area contributed by atoms with Gasteiger partial charge in [0, 0.05) is 11.6 Å². The highest BCUT2D eigenvalue weighted by Crippen LogP contribution is 2.30. The molecule has 2 aromatic rings. The summed E-state index contributed by atoms with van der Waals surface area (Å²) in [5.41, 5.74) is 1.60. The molecule has 0 bridgehead atoms. The van der Waals surface area contributed by atoms with Crippen LogP contribution in [0.4, 0.5) is 0 Å². The molecule has 5 heteroatoms. The number of rotatable bonds is 3. The van der Waals surface area contributed by atoms with Gasteiger partial charge in [-0.25, -0.2) is 0 Å². The molecule has 1 N–H and O–H groups in total. The zero-order chi connectivity index (χ0) is 14.0. The summed E-state index contributed by atoms with van der Waals surface area (Å²) in [5.74, 6) is 0.275. The molecule has 1 heterocycles. The van der Waals surface area contributed by atoms with Crippen molar-refractivity contribution < 1.29 is 9.32 Å². The van der Waals surface area contributed by atoms with Gasteiger partial charge in [-0.15, -0.1) is 0 Å². The number of nitrogens with one attached hydrogen (secondary N) is 1. The monoisotopic (exact) mass is 278 g/mol. The first kappa shape index (κ1) is 13.6. The van der Waals surface area contributed by atoms with Crippen LogP contribution in [0.5, 0.6) is 0 Å². The quantitative estimate of drug-likeness (QED) is 0.936. The second kappa shape index (κ2) is 5.45. The van der Waals surface area contributed by atoms with E-state index in [1.807, 2.05) is 32.0 Å². The Morgan fingerprint density at radius 1 is 1.37 bits per heavy atom. The van der Waals surface area contributed by atoms with Crippen LogP contribution in [0.3, 0.4) is 0 Å². The van der Waals surface area contributed by atoms with Gasteiger partial charge in [-0.05, 0) is 26.8 Å². The minimum atomic E-state index is -0.205. The average molecular weight is 279 g/mol. The number of carbonyl (C=O) groups excluding carboxylic acids is 1. The van der Waals surface area contributed by atoms with Crippen LogP contribution in [0.15, 0.2) is 28.8 Å². The van der Waals surface area contributed by atoms with Gasteiger partial charge >= 0.3 is 0 Å². The fourth-order valence-electron chi connectivity index (χ4n) is 1.81. The molecule has 0 fully saturated rings. The van der Waals surface area contributed by atoms with E-state index in [9.17, 15) is 4.79 Å². The molecule has 1 aromatic carbocycles. The molecule has 0 atom stereocenters. The van der Waals surface area contributed by atoms with E-state index in [2.05, 4.69) is 10.5 Å². The first-order valence-corrected chi connectivity index (χ1v) is 6.40. The van der Waals surface area contributed by atoms with Crippen molar-refractivity contribution in [1.82, 2.24) is 10.5 Å². The number of hydrogen-bond donors (Lipinski definition) is 1. The summed E-state index contributed by atoms with van der Waals surface area (Å²) in [6.45, 7) is 5.51. The molecule has 0 unspecified atom stereocenters. The van der Waals surface area contributed by atoms with Gasteiger partial charge in [0.25, 0.3) is 5.91 Å². The molecule has 0 aliphatic rings. The van der Waals surface area contributed by atoms with Gasteiger partial charge in [0.05, 0.1) is 5.02 Å². The minimum Gasteiger partial charge on any atom is -0.360 e. The molecule has 2 rings (SSSR count). The summed E-state index contributed by atoms with van der Waals surface area (Å²) in [7, 11) is 0. The van der Waals surface area contributed by atoms with E-state index >= 15 is 0 Å². The van der Waals surface area contributed by atoms with Crippen molar-refractivity contribution in [2.24, 2.45) is 0 Å². The van der Waals surface area contributed by atoms with E-state index < -0.39 is 0 Å². The van der Waals surface area contributed by atoms with E-state index in [1.165, 1.54) is 0 Å². The normalized spacial score (nSPS) is 10.8. The van der Waals surface area contributed by atoms with E-state index in [1.54, 1.807) is 13.0 Å². The molecule has 100 valence electrons. The lowest BCUT2D eigenvalue weighted by Gasteiger charge is -2.08. The average Bonchev–Trinajstić information content (AvgIpc) is 2.70. The van der Waals surface area contributed by atoms with E-state index in [0.717, 1.165) is 0 Å². The Morgan fingerprint density at radius 3 is 2.68 bits per heavy atom. The van der Waals surface area contributed by atoms with E-state index in [0.29, 0.717) is 27.6 Å². The third-order valence-corrected chi connectivity index (χ3v) is 2.97. The minimum absolute atomic E-state index is 0.0425. The Morgan fingerprint density at radius 2 is 2.05 bits per heavy atom. The van der Waals surface area contributed by atoms with E-state index in [-0.39, 0.29) is 11.9 Å². The van der Waals surface area contributed by atoms with Gasteiger partial charge in [0.1, 0.15) is 17.0 Å². The second-order valence-electron chi connectivity index (χ2n) is 4.57. The third kappa shape index (κ3) is 2.79. The van der Waals surface area contributed by atoms with Crippen LogP contribution < -0.4 is 5.32 Å². The summed E-state index contributed by atoms with van der Waals surface area (Å²) >= 11 is 6.14. The van der Waals surface area contributed by atoms with Crippen molar-refractivity contribution >= 4 is 17.5 Å². The van der Waals surface area contributed by atoms with Crippen LogP contribution in [0, 0.1) is 6.92 Å². The lowest BCUT2D eigenvalue weighted by atomic mass is 10.1. The molecule has 0 saturated carbocycles. The SMILES string of the molecule is Cc1onc(-c2ccccc2Cl)c1C(=O)NC(C)C. The molecule has 1 amide bonds. The Labute approximate surface area is 116 Å². The largest absolute Gasteiger partial charge is 0.360 e. The molecular weight excluding hydrogens is 264 g/mol. The summed E-state index contributed by atoms with van der Waals surface area (Å²) in [5, 5.41) is 7.32.